The minimum atomic E-state index is -2.19. The van der Waals surface area contributed by atoms with E-state index >= 15 is 0 Å². The largest absolute Gasteiger partial charge is 0.508 e. The monoisotopic (exact) mass is 945 g/mol. The lowest BCUT2D eigenvalue weighted by Crippen LogP contribution is -2.61. The number of aliphatic hydroxyl groups excluding tert-OH is 5. The molecule has 0 radical (unpaired) electrons. The first-order valence-corrected chi connectivity index (χ1v) is 19.5. The number of benzene rings is 3. The average molecular weight is 946 g/mol. The van der Waals surface area contributed by atoms with Gasteiger partial charge in [0.05, 0.1) is 11.6 Å². The quantitative estimate of drug-likeness (QED) is 0.0169. The van der Waals surface area contributed by atoms with Crippen molar-refractivity contribution < 1.29 is 123 Å². The van der Waals surface area contributed by atoms with Crippen LogP contribution in [0.1, 0.15) is 18.4 Å². The highest BCUT2D eigenvalue weighted by Gasteiger charge is 2.50. The summed E-state index contributed by atoms with van der Waals surface area (Å²) in [7, 11) is 0. The van der Waals surface area contributed by atoms with Crippen molar-refractivity contribution >= 4 is 46.9 Å². The number of carbonyl (C=O) groups is 5. The molecule has 3 heterocycles. The Morgan fingerprint density at radius 1 is 0.627 bits per heavy atom. The second-order valence-electron chi connectivity index (χ2n) is 14.8. The summed E-state index contributed by atoms with van der Waals surface area (Å²) in [6.45, 7) is -1.67. The lowest BCUT2D eigenvalue weighted by atomic mass is 9.98. The Labute approximate surface area is 374 Å². The number of phenolic OH excluding ortho intramolecular Hbond substituents is 5. The second-order valence-corrected chi connectivity index (χ2v) is 14.8. The number of carboxylic acids is 2. The second kappa shape index (κ2) is 20.8. The third-order valence-electron chi connectivity index (χ3n) is 9.89. The van der Waals surface area contributed by atoms with E-state index in [0.29, 0.717) is 5.56 Å². The van der Waals surface area contributed by atoms with Crippen LogP contribution in [0.15, 0.2) is 65.1 Å². The van der Waals surface area contributed by atoms with E-state index in [1.165, 1.54) is 30.3 Å². The Hall–Kier alpha value is -7.52. The number of aromatic hydroxyl groups is 5. The van der Waals surface area contributed by atoms with E-state index in [-0.39, 0.29) is 22.3 Å². The van der Waals surface area contributed by atoms with Crippen molar-refractivity contribution in [3.8, 4) is 51.6 Å². The van der Waals surface area contributed by atoms with Crippen LogP contribution in [0.2, 0.25) is 0 Å². The molecule has 0 amide bonds. The van der Waals surface area contributed by atoms with Crippen molar-refractivity contribution in [3.05, 3.63) is 66.2 Å². The third-order valence-corrected chi connectivity index (χ3v) is 9.89. The van der Waals surface area contributed by atoms with Gasteiger partial charge in [-0.2, -0.15) is 0 Å². The zero-order chi connectivity index (χ0) is 48.9. The van der Waals surface area contributed by atoms with Crippen LogP contribution in [0, 0.1) is 0 Å². The van der Waals surface area contributed by atoms with Crippen LogP contribution < -0.4 is 9.47 Å². The summed E-state index contributed by atoms with van der Waals surface area (Å²) < 4.78 is 44.4. The first kappa shape index (κ1) is 48.9. The van der Waals surface area contributed by atoms with Crippen LogP contribution in [-0.2, 0) is 47.7 Å². The van der Waals surface area contributed by atoms with E-state index in [1.807, 2.05) is 0 Å². The van der Waals surface area contributed by atoms with Crippen LogP contribution >= 0.6 is 0 Å². The molecule has 67 heavy (non-hydrogen) atoms. The van der Waals surface area contributed by atoms with Gasteiger partial charge < -0.3 is 94.4 Å². The van der Waals surface area contributed by atoms with Crippen molar-refractivity contribution in [2.45, 2.75) is 74.3 Å². The topological polar surface area (TPSA) is 404 Å². The van der Waals surface area contributed by atoms with E-state index in [4.69, 9.17) is 47.8 Å². The number of hydrogen-bond acceptors (Lipinski definition) is 22. The number of aliphatic carboxylic acids is 2. The first-order chi connectivity index (χ1) is 31.7. The smallest absolute Gasteiger partial charge is 0.402 e. The molecule has 2 aliphatic heterocycles. The van der Waals surface area contributed by atoms with Crippen LogP contribution in [0.4, 0.5) is 0 Å². The maximum absolute atomic E-state index is 12.5. The van der Waals surface area contributed by atoms with E-state index in [0.717, 1.165) is 36.4 Å². The normalized spacial score (nSPS) is 25.0. The zero-order valence-corrected chi connectivity index (χ0v) is 34.1. The van der Waals surface area contributed by atoms with E-state index < -0.39 is 158 Å². The number of aliphatic hydroxyl groups is 5. The molecule has 1 aromatic heterocycles. The predicted molar refractivity (Wildman–Crippen MR) is 215 cm³/mol. The lowest BCUT2D eigenvalue weighted by molar-refractivity contribution is -0.282. The van der Waals surface area contributed by atoms with Crippen molar-refractivity contribution in [1.29, 1.82) is 0 Å². The van der Waals surface area contributed by atoms with Crippen molar-refractivity contribution in [3.63, 3.8) is 0 Å². The van der Waals surface area contributed by atoms with Gasteiger partial charge in [0.2, 0.25) is 18.3 Å². The Kier molecular flexibility index (Phi) is 15.2. The maximum atomic E-state index is 12.5. The average Bonchev–Trinajstić information content (AvgIpc) is 3.26. The fourth-order valence-electron chi connectivity index (χ4n) is 6.61. The molecule has 0 spiro atoms. The van der Waals surface area contributed by atoms with Gasteiger partial charge in [-0.15, -0.1) is 0 Å². The number of fused-ring (bicyclic) bond motifs is 1. The highest BCUT2D eigenvalue weighted by atomic mass is 16.7. The Morgan fingerprint density at radius 3 is 1.85 bits per heavy atom. The van der Waals surface area contributed by atoms with Gasteiger partial charge in [0.15, 0.2) is 23.4 Å². The molecule has 3 aromatic carbocycles. The molecule has 25 nitrogen and oxygen atoms in total. The molecule has 10 atom stereocenters. The molecule has 0 bridgehead atoms. The van der Waals surface area contributed by atoms with Crippen molar-refractivity contribution in [2.75, 3.05) is 13.2 Å². The van der Waals surface area contributed by atoms with Crippen LogP contribution in [0.25, 0.3) is 28.4 Å². The highest BCUT2D eigenvalue weighted by molar-refractivity contribution is 5.91. The SMILES string of the molecule is O=C(O)CC(=O)OCC1OC(Oc2cc(O)cc3[o+]c(-c4cc(O)c(O)c(O)c4)c(OC4OC(COC(=O)C=Cc5ccc(O)cc5)C(O)C(O)C4O)cc23)C(O)C(O)C1OC(=O)CC(=O)O. The summed E-state index contributed by atoms with van der Waals surface area (Å²) in [5, 5.41) is 124. The number of esters is 3. The van der Waals surface area contributed by atoms with Gasteiger partial charge in [-0.1, -0.05) is 12.1 Å². The molecule has 358 valence electrons. The molecule has 4 aromatic rings. The van der Waals surface area contributed by atoms with Crippen LogP contribution in [-0.4, -0.2) is 166 Å². The van der Waals surface area contributed by atoms with Crippen LogP contribution in [0.3, 0.4) is 0 Å². The summed E-state index contributed by atoms with van der Waals surface area (Å²) >= 11 is 0. The van der Waals surface area contributed by atoms with Crippen molar-refractivity contribution in [2.24, 2.45) is 0 Å². The van der Waals surface area contributed by atoms with E-state index in [9.17, 15) is 75.0 Å². The van der Waals surface area contributed by atoms with Gasteiger partial charge in [-0.05, 0) is 23.8 Å². The summed E-state index contributed by atoms with van der Waals surface area (Å²) in [5.41, 5.74) is -0.0513. The molecule has 10 unspecified atom stereocenters. The van der Waals surface area contributed by atoms with E-state index in [2.05, 4.69) is 0 Å². The maximum Gasteiger partial charge on any atom is 0.402 e. The number of phenols is 5. The fourth-order valence-corrected chi connectivity index (χ4v) is 6.61. The summed E-state index contributed by atoms with van der Waals surface area (Å²) in [6, 6.07) is 10.6. The molecule has 25 heteroatoms. The molecule has 0 saturated carbocycles. The van der Waals surface area contributed by atoms with E-state index in [1.54, 1.807) is 0 Å². The fraction of sp³-hybridized carbons (Fsp3) is 0.333. The van der Waals surface area contributed by atoms with Gasteiger partial charge in [-0.25, -0.2) is 9.21 Å². The van der Waals surface area contributed by atoms with Gasteiger partial charge in [-0.3, -0.25) is 19.2 Å². The molecule has 2 saturated heterocycles. The van der Waals surface area contributed by atoms with Crippen molar-refractivity contribution in [1.82, 2.24) is 0 Å². The van der Waals surface area contributed by atoms with Gasteiger partial charge >= 0.3 is 41.2 Å². The molecule has 2 aliphatic rings. The van der Waals surface area contributed by atoms with Crippen LogP contribution in [0.5, 0.6) is 40.2 Å². The highest BCUT2D eigenvalue weighted by Crippen LogP contribution is 2.45. The Bertz CT molecular complexity index is 2500. The van der Waals surface area contributed by atoms with Gasteiger partial charge in [0.1, 0.15) is 91.4 Å². The number of carboxylic acid groups (broad SMARTS) is 2. The molecular weight excluding hydrogens is 904 g/mol. The summed E-state index contributed by atoms with van der Waals surface area (Å²) in [6.07, 6.45) is -19.6. The minimum Gasteiger partial charge on any atom is -0.508 e. The summed E-state index contributed by atoms with van der Waals surface area (Å²) in [5.74, 6) is -11.6. The Balaban J connectivity index is 1.33. The van der Waals surface area contributed by atoms with Gasteiger partial charge in [0, 0.05) is 30.3 Å². The Morgan fingerprint density at radius 2 is 1.21 bits per heavy atom. The third kappa shape index (κ3) is 11.8. The predicted octanol–water partition coefficient (Wildman–Crippen LogP) is -0.418. The number of rotatable bonds is 16. The summed E-state index contributed by atoms with van der Waals surface area (Å²) in [4.78, 5) is 59.1. The lowest BCUT2D eigenvalue weighted by Gasteiger charge is -2.41. The molecule has 6 rings (SSSR count). The zero-order valence-electron chi connectivity index (χ0n) is 34.1. The molecule has 0 aliphatic carbocycles. The number of ether oxygens (including phenoxy) is 7. The first-order valence-electron chi connectivity index (χ1n) is 19.5. The van der Waals surface area contributed by atoms with Gasteiger partial charge in [0.25, 0.3) is 0 Å². The molecule has 12 N–H and O–H groups in total. The standard InChI is InChI=1S/C42H40O25/c43-18-4-1-16(2-5-18)3-6-30(51)60-14-26-34(55)35(56)37(58)41(65-26)64-25-11-20-23(62-39(25)17-7-21(45)33(54)22(46)8-17)9-19(44)10-24(20)63-42-38(59)36(57)40(67-32(53)13-29(49)50)27(66-42)15-61-31(52)12-28(47)48/h1-11,26-27,34-38,40-42,55-59H,12-15H2,(H6-,43,44,45,46,47,48,49,50,51,54)/p+1. The molecular formula is C42H41O25+. The number of carbonyl (C=O) groups excluding carboxylic acids is 3. The number of hydrogen-bond donors (Lipinski definition) is 12. The minimum absolute atomic E-state index is 0.0145. The molecule has 2 fully saturated rings.